The smallest absolute Gasteiger partial charge is 0.0995 e. The molecule has 0 aliphatic carbocycles. The SMILES string of the molecule is CNc1cc(C#N)c(C)cc1C. The van der Waals surface area contributed by atoms with Crippen molar-refractivity contribution in [3.05, 3.63) is 28.8 Å². The molecule has 0 aromatic heterocycles. The summed E-state index contributed by atoms with van der Waals surface area (Å²) in [6.45, 7) is 3.98. The quantitative estimate of drug-likeness (QED) is 0.683. The minimum absolute atomic E-state index is 0.741. The number of nitrogens with one attached hydrogen (secondary N) is 1. The Morgan fingerprint density at radius 1 is 1.25 bits per heavy atom. The van der Waals surface area contributed by atoms with Crippen molar-refractivity contribution in [3.8, 4) is 6.07 Å². The molecule has 1 aromatic rings. The van der Waals surface area contributed by atoms with Gasteiger partial charge in [0.15, 0.2) is 0 Å². The summed E-state index contributed by atoms with van der Waals surface area (Å²) in [7, 11) is 1.86. The van der Waals surface area contributed by atoms with Gasteiger partial charge in [-0.15, -0.1) is 0 Å². The highest BCUT2D eigenvalue weighted by Crippen LogP contribution is 2.19. The molecule has 0 fully saturated rings. The first kappa shape index (κ1) is 8.61. The van der Waals surface area contributed by atoms with Crippen LogP contribution in [0.1, 0.15) is 16.7 Å². The number of aryl methyl sites for hydroxylation is 2. The lowest BCUT2D eigenvalue weighted by Crippen LogP contribution is -1.94. The second-order valence-electron chi connectivity index (χ2n) is 2.84. The Labute approximate surface area is 72.8 Å². The van der Waals surface area contributed by atoms with Gasteiger partial charge < -0.3 is 5.32 Å². The van der Waals surface area contributed by atoms with E-state index in [1.165, 1.54) is 5.56 Å². The maximum Gasteiger partial charge on any atom is 0.0995 e. The van der Waals surface area contributed by atoms with Crippen molar-refractivity contribution in [1.82, 2.24) is 0 Å². The van der Waals surface area contributed by atoms with Crippen LogP contribution in [0.25, 0.3) is 0 Å². The molecule has 0 aliphatic heterocycles. The Morgan fingerprint density at radius 2 is 1.92 bits per heavy atom. The number of benzene rings is 1. The molecule has 0 unspecified atom stereocenters. The zero-order valence-electron chi connectivity index (χ0n) is 7.60. The normalized spacial score (nSPS) is 9.17. The van der Waals surface area contributed by atoms with Gasteiger partial charge in [0.25, 0.3) is 0 Å². The minimum atomic E-state index is 0.741. The Bertz CT molecular complexity index is 334. The summed E-state index contributed by atoms with van der Waals surface area (Å²) in [5.41, 5.74) is 3.98. The first-order valence-corrected chi connectivity index (χ1v) is 3.88. The van der Waals surface area contributed by atoms with Crippen LogP contribution in [0.3, 0.4) is 0 Å². The van der Waals surface area contributed by atoms with E-state index in [2.05, 4.69) is 11.4 Å². The van der Waals surface area contributed by atoms with E-state index in [0.29, 0.717) is 0 Å². The molecule has 0 saturated heterocycles. The Hall–Kier alpha value is -1.49. The maximum absolute atomic E-state index is 8.75. The molecule has 0 heterocycles. The molecule has 0 saturated carbocycles. The second-order valence-corrected chi connectivity index (χ2v) is 2.84. The van der Waals surface area contributed by atoms with E-state index in [-0.39, 0.29) is 0 Å². The fourth-order valence-electron chi connectivity index (χ4n) is 1.24. The van der Waals surface area contributed by atoms with Crippen molar-refractivity contribution in [3.63, 3.8) is 0 Å². The summed E-state index contributed by atoms with van der Waals surface area (Å²) in [5, 5.41) is 11.8. The lowest BCUT2D eigenvalue weighted by atomic mass is 10.0. The molecular formula is C10H12N2. The van der Waals surface area contributed by atoms with Crippen molar-refractivity contribution in [2.45, 2.75) is 13.8 Å². The van der Waals surface area contributed by atoms with Crippen LogP contribution >= 0.6 is 0 Å². The summed E-state index contributed by atoms with van der Waals surface area (Å²) in [5.74, 6) is 0. The number of anilines is 1. The number of nitriles is 1. The number of rotatable bonds is 1. The van der Waals surface area contributed by atoms with Gasteiger partial charge in [0.1, 0.15) is 0 Å². The van der Waals surface area contributed by atoms with E-state index >= 15 is 0 Å². The highest BCUT2D eigenvalue weighted by Gasteiger charge is 2.01. The first-order valence-electron chi connectivity index (χ1n) is 3.88. The first-order chi connectivity index (χ1) is 5.69. The van der Waals surface area contributed by atoms with Gasteiger partial charge in [0, 0.05) is 12.7 Å². The zero-order chi connectivity index (χ0) is 9.14. The Balaban J connectivity index is 3.30. The lowest BCUT2D eigenvalue weighted by molar-refractivity contribution is 1.32. The van der Waals surface area contributed by atoms with Gasteiger partial charge in [-0.3, -0.25) is 0 Å². The van der Waals surface area contributed by atoms with Crippen LogP contribution in [-0.4, -0.2) is 7.05 Å². The monoisotopic (exact) mass is 160 g/mol. The number of hydrogen-bond acceptors (Lipinski definition) is 2. The van der Waals surface area contributed by atoms with Crippen LogP contribution in [-0.2, 0) is 0 Å². The van der Waals surface area contributed by atoms with Crippen LogP contribution in [0.5, 0.6) is 0 Å². The highest BCUT2D eigenvalue weighted by atomic mass is 14.8. The van der Waals surface area contributed by atoms with Crippen LogP contribution in [0.15, 0.2) is 12.1 Å². The molecule has 12 heavy (non-hydrogen) atoms. The molecule has 62 valence electrons. The number of nitrogens with zero attached hydrogens (tertiary/aromatic N) is 1. The van der Waals surface area contributed by atoms with Gasteiger partial charge in [-0.25, -0.2) is 0 Å². The van der Waals surface area contributed by atoms with Crippen LogP contribution in [0.2, 0.25) is 0 Å². The molecule has 1 aromatic carbocycles. The lowest BCUT2D eigenvalue weighted by Gasteiger charge is -2.06. The fourth-order valence-corrected chi connectivity index (χ4v) is 1.24. The van der Waals surface area contributed by atoms with Gasteiger partial charge in [0.05, 0.1) is 11.6 Å². The molecule has 0 aliphatic rings. The van der Waals surface area contributed by atoms with Crippen molar-refractivity contribution in [2.75, 3.05) is 12.4 Å². The predicted molar refractivity (Wildman–Crippen MR) is 50.2 cm³/mol. The maximum atomic E-state index is 8.75. The molecule has 0 bridgehead atoms. The summed E-state index contributed by atoms with van der Waals surface area (Å²) in [6, 6.07) is 6.06. The molecule has 0 spiro atoms. The third-order valence-electron chi connectivity index (χ3n) is 1.96. The molecule has 0 atom stereocenters. The van der Waals surface area contributed by atoms with Gasteiger partial charge in [-0.1, -0.05) is 6.07 Å². The van der Waals surface area contributed by atoms with E-state index in [1.54, 1.807) is 0 Å². The Morgan fingerprint density at radius 3 is 2.42 bits per heavy atom. The van der Waals surface area contributed by atoms with Crippen LogP contribution in [0, 0.1) is 25.2 Å². The summed E-state index contributed by atoms with van der Waals surface area (Å²) in [4.78, 5) is 0. The van der Waals surface area contributed by atoms with Crippen molar-refractivity contribution in [1.29, 1.82) is 5.26 Å². The van der Waals surface area contributed by atoms with E-state index in [0.717, 1.165) is 16.8 Å². The van der Waals surface area contributed by atoms with Gasteiger partial charge in [0.2, 0.25) is 0 Å². The zero-order valence-corrected chi connectivity index (χ0v) is 7.60. The summed E-state index contributed by atoms with van der Waals surface area (Å²) < 4.78 is 0. The average molecular weight is 160 g/mol. The van der Waals surface area contributed by atoms with Crippen LogP contribution < -0.4 is 5.32 Å². The fraction of sp³-hybridized carbons (Fsp3) is 0.300. The molecule has 2 nitrogen and oxygen atoms in total. The van der Waals surface area contributed by atoms with Crippen LogP contribution in [0.4, 0.5) is 5.69 Å². The Kier molecular flexibility index (Phi) is 2.35. The van der Waals surface area contributed by atoms with Crippen molar-refractivity contribution in [2.24, 2.45) is 0 Å². The van der Waals surface area contributed by atoms with Gasteiger partial charge in [-0.05, 0) is 31.0 Å². The minimum Gasteiger partial charge on any atom is -0.388 e. The highest BCUT2D eigenvalue weighted by molar-refractivity contribution is 5.57. The average Bonchev–Trinajstić information content (AvgIpc) is 2.05. The third-order valence-corrected chi connectivity index (χ3v) is 1.96. The number of hydrogen-bond donors (Lipinski definition) is 1. The van der Waals surface area contributed by atoms with E-state index in [1.807, 2.05) is 33.0 Å². The third kappa shape index (κ3) is 1.40. The summed E-state index contributed by atoms with van der Waals surface area (Å²) in [6.07, 6.45) is 0. The molecule has 1 N–H and O–H groups in total. The van der Waals surface area contributed by atoms with E-state index in [4.69, 9.17) is 5.26 Å². The standard InChI is InChI=1S/C10H12N2/c1-7-4-8(2)10(12-3)5-9(7)6-11/h4-5,12H,1-3H3. The molecular weight excluding hydrogens is 148 g/mol. The second kappa shape index (κ2) is 3.27. The van der Waals surface area contributed by atoms with Gasteiger partial charge in [-0.2, -0.15) is 5.26 Å². The molecule has 0 amide bonds. The predicted octanol–water partition coefficient (Wildman–Crippen LogP) is 2.22. The summed E-state index contributed by atoms with van der Waals surface area (Å²) >= 11 is 0. The largest absolute Gasteiger partial charge is 0.388 e. The van der Waals surface area contributed by atoms with Crippen molar-refractivity contribution < 1.29 is 0 Å². The van der Waals surface area contributed by atoms with Gasteiger partial charge >= 0.3 is 0 Å². The topological polar surface area (TPSA) is 35.8 Å². The van der Waals surface area contributed by atoms with E-state index in [9.17, 15) is 0 Å². The van der Waals surface area contributed by atoms with E-state index < -0.39 is 0 Å². The van der Waals surface area contributed by atoms with Crippen molar-refractivity contribution >= 4 is 5.69 Å². The molecule has 1 rings (SSSR count). The molecule has 0 radical (unpaired) electrons. The molecule has 2 heteroatoms.